The standard InChI is InChI=1S/C15H28O4/c1-6-7-8-9-14(16)18-12(4)13(5)19-15(17)10-11(2)3/h11-13H,6-10H2,1-5H3. The zero-order valence-electron chi connectivity index (χ0n) is 12.9. The molecule has 0 aliphatic carbocycles. The third-order valence-corrected chi connectivity index (χ3v) is 2.86. The number of ether oxygens (including phenoxy) is 2. The summed E-state index contributed by atoms with van der Waals surface area (Å²) in [5.41, 5.74) is 0. The van der Waals surface area contributed by atoms with E-state index in [2.05, 4.69) is 6.92 Å². The van der Waals surface area contributed by atoms with Crippen LogP contribution in [0.4, 0.5) is 0 Å². The summed E-state index contributed by atoms with van der Waals surface area (Å²) in [6.07, 6.45) is 2.98. The highest BCUT2D eigenvalue weighted by Gasteiger charge is 2.20. The lowest BCUT2D eigenvalue weighted by atomic mass is 10.1. The SMILES string of the molecule is CCCCCC(=O)OC(C)C(C)OC(=O)CC(C)C. The van der Waals surface area contributed by atoms with Crippen LogP contribution < -0.4 is 0 Å². The van der Waals surface area contributed by atoms with Gasteiger partial charge in [0.1, 0.15) is 12.2 Å². The van der Waals surface area contributed by atoms with E-state index in [9.17, 15) is 9.59 Å². The molecule has 0 fully saturated rings. The lowest BCUT2D eigenvalue weighted by Crippen LogP contribution is -2.31. The van der Waals surface area contributed by atoms with E-state index >= 15 is 0 Å². The van der Waals surface area contributed by atoms with E-state index in [0.29, 0.717) is 12.8 Å². The van der Waals surface area contributed by atoms with Gasteiger partial charge >= 0.3 is 11.9 Å². The van der Waals surface area contributed by atoms with Gasteiger partial charge in [-0.1, -0.05) is 33.6 Å². The van der Waals surface area contributed by atoms with Gasteiger partial charge in [-0.2, -0.15) is 0 Å². The number of hydrogen-bond acceptors (Lipinski definition) is 4. The number of carbonyl (C=O) groups is 2. The van der Waals surface area contributed by atoms with Gasteiger partial charge < -0.3 is 9.47 Å². The van der Waals surface area contributed by atoms with Gasteiger partial charge in [-0.05, 0) is 26.2 Å². The maximum atomic E-state index is 11.5. The molecule has 0 aliphatic heterocycles. The first kappa shape index (κ1) is 17.9. The molecular formula is C15H28O4. The highest BCUT2D eigenvalue weighted by atomic mass is 16.6. The van der Waals surface area contributed by atoms with Crippen molar-refractivity contribution in [2.24, 2.45) is 5.92 Å². The highest BCUT2D eigenvalue weighted by molar-refractivity contribution is 5.70. The molecule has 2 atom stereocenters. The Hall–Kier alpha value is -1.06. The van der Waals surface area contributed by atoms with Gasteiger partial charge in [-0.3, -0.25) is 9.59 Å². The molecule has 0 rings (SSSR count). The smallest absolute Gasteiger partial charge is 0.306 e. The summed E-state index contributed by atoms with van der Waals surface area (Å²) in [6.45, 7) is 9.52. The fraction of sp³-hybridized carbons (Fsp3) is 0.867. The average molecular weight is 272 g/mol. The van der Waals surface area contributed by atoms with Crippen LogP contribution in [0, 0.1) is 5.92 Å². The number of carbonyl (C=O) groups excluding carboxylic acids is 2. The van der Waals surface area contributed by atoms with Crippen molar-refractivity contribution in [1.29, 1.82) is 0 Å². The predicted molar refractivity (Wildman–Crippen MR) is 74.7 cm³/mol. The lowest BCUT2D eigenvalue weighted by Gasteiger charge is -2.21. The highest BCUT2D eigenvalue weighted by Crippen LogP contribution is 2.10. The molecule has 4 heteroatoms. The summed E-state index contributed by atoms with van der Waals surface area (Å²) in [4.78, 5) is 23.0. The Morgan fingerprint density at radius 1 is 0.895 bits per heavy atom. The first-order valence-electron chi connectivity index (χ1n) is 7.25. The second kappa shape index (κ2) is 9.82. The molecule has 0 saturated heterocycles. The molecule has 0 spiro atoms. The first-order chi connectivity index (χ1) is 8.86. The summed E-state index contributed by atoms with van der Waals surface area (Å²) < 4.78 is 10.5. The van der Waals surface area contributed by atoms with E-state index < -0.39 is 12.2 Å². The van der Waals surface area contributed by atoms with Crippen molar-refractivity contribution in [1.82, 2.24) is 0 Å². The second-order valence-corrected chi connectivity index (χ2v) is 5.45. The van der Waals surface area contributed by atoms with Gasteiger partial charge in [0.2, 0.25) is 0 Å². The molecule has 0 bridgehead atoms. The Kier molecular flexibility index (Phi) is 9.27. The predicted octanol–water partition coefficient (Wildman–Crippen LogP) is 3.48. The summed E-state index contributed by atoms with van der Waals surface area (Å²) in [5.74, 6) is -0.185. The maximum absolute atomic E-state index is 11.5. The molecule has 0 radical (unpaired) electrons. The van der Waals surface area contributed by atoms with E-state index in [1.807, 2.05) is 13.8 Å². The minimum Gasteiger partial charge on any atom is -0.459 e. The molecular weight excluding hydrogens is 244 g/mol. The molecule has 19 heavy (non-hydrogen) atoms. The monoisotopic (exact) mass is 272 g/mol. The van der Waals surface area contributed by atoms with Crippen molar-refractivity contribution < 1.29 is 19.1 Å². The van der Waals surface area contributed by atoms with E-state index in [1.165, 1.54) is 0 Å². The normalized spacial score (nSPS) is 14.0. The van der Waals surface area contributed by atoms with Crippen LogP contribution in [-0.2, 0) is 19.1 Å². The van der Waals surface area contributed by atoms with Gasteiger partial charge in [-0.25, -0.2) is 0 Å². The van der Waals surface area contributed by atoms with E-state index in [4.69, 9.17) is 9.47 Å². The maximum Gasteiger partial charge on any atom is 0.306 e. The number of esters is 2. The van der Waals surface area contributed by atoms with Crippen LogP contribution in [0.5, 0.6) is 0 Å². The van der Waals surface area contributed by atoms with E-state index in [0.717, 1.165) is 19.3 Å². The molecule has 0 heterocycles. The van der Waals surface area contributed by atoms with Crippen LogP contribution in [0.25, 0.3) is 0 Å². The Bertz CT molecular complexity index is 273. The number of rotatable bonds is 9. The minimum absolute atomic E-state index is 0.215. The fourth-order valence-corrected chi connectivity index (χ4v) is 1.57. The van der Waals surface area contributed by atoms with Gasteiger partial charge in [-0.15, -0.1) is 0 Å². The van der Waals surface area contributed by atoms with Crippen LogP contribution in [0.3, 0.4) is 0 Å². The molecule has 0 N–H and O–H groups in total. The van der Waals surface area contributed by atoms with E-state index in [-0.39, 0.29) is 17.9 Å². The molecule has 112 valence electrons. The van der Waals surface area contributed by atoms with Crippen molar-refractivity contribution in [3.8, 4) is 0 Å². The Balaban J connectivity index is 3.95. The molecule has 0 aromatic carbocycles. The van der Waals surface area contributed by atoms with Gasteiger partial charge in [0.25, 0.3) is 0 Å². The van der Waals surface area contributed by atoms with Crippen LogP contribution in [0.2, 0.25) is 0 Å². The summed E-state index contributed by atoms with van der Waals surface area (Å²) in [6, 6.07) is 0. The molecule has 0 aromatic heterocycles. The first-order valence-corrected chi connectivity index (χ1v) is 7.25. The zero-order chi connectivity index (χ0) is 14.8. The third-order valence-electron chi connectivity index (χ3n) is 2.86. The molecule has 0 aliphatic rings. The van der Waals surface area contributed by atoms with Crippen molar-refractivity contribution in [2.75, 3.05) is 0 Å². The van der Waals surface area contributed by atoms with Gasteiger partial charge in [0.05, 0.1) is 0 Å². The Morgan fingerprint density at radius 2 is 1.42 bits per heavy atom. The van der Waals surface area contributed by atoms with Crippen molar-refractivity contribution in [2.45, 2.75) is 78.9 Å². The third kappa shape index (κ3) is 9.51. The van der Waals surface area contributed by atoms with Crippen molar-refractivity contribution >= 4 is 11.9 Å². The number of unbranched alkanes of at least 4 members (excludes halogenated alkanes) is 2. The number of hydrogen-bond donors (Lipinski definition) is 0. The Labute approximate surface area is 116 Å². The largest absolute Gasteiger partial charge is 0.459 e. The van der Waals surface area contributed by atoms with Crippen molar-refractivity contribution in [3.05, 3.63) is 0 Å². The molecule has 4 nitrogen and oxygen atoms in total. The van der Waals surface area contributed by atoms with Crippen LogP contribution in [0.15, 0.2) is 0 Å². The molecule has 2 unspecified atom stereocenters. The molecule has 0 aromatic rings. The summed E-state index contributed by atoms with van der Waals surface area (Å²) >= 11 is 0. The topological polar surface area (TPSA) is 52.6 Å². The summed E-state index contributed by atoms with van der Waals surface area (Å²) in [7, 11) is 0. The summed E-state index contributed by atoms with van der Waals surface area (Å²) in [5, 5.41) is 0. The van der Waals surface area contributed by atoms with Crippen molar-refractivity contribution in [3.63, 3.8) is 0 Å². The average Bonchev–Trinajstić information content (AvgIpc) is 2.27. The quantitative estimate of drug-likeness (QED) is 0.476. The fourth-order valence-electron chi connectivity index (χ4n) is 1.57. The van der Waals surface area contributed by atoms with Crippen LogP contribution >= 0.6 is 0 Å². The van der Waals surface area contributed by atoms with Gasteiger partial charge in [0, 0.05) is 12.8 Å². The van der Waals surface area contributed by atoms with Crippen LogP contribution in [0.1, 0.15) is 66.7 Å². The van der Waals surface area contributed by atoms with Gasteiger partial charge in [0.15, 0.2) is 0 Å². The zero-order valence-corrected chi connectivity index (χ0v) is 12.9. The minimum atomic E-state index is -0.402. The lowest BCUT2D eigenvalue weighted by molar-refractivity contribution is -0.165. The second-order valence-electron chi connectivity index (χ2n) is 5.45. The van der Waals surface area contributed by atoms with Crippen LogP contribution in [-0.4, -0.2) is 24.1 Å². The van der Waals surface area contributed by atoms with E-state index in [1.54, 1.807) is 13.8 Å². The molecule has 0 saturated carbocycles. The molecule has 0 amide bonds. The Morgan fingerprint density at radius 3 is 1.89 bits per heavy atom.